The van der Waals surface area contributed by atoms with Crippen LogP contribution in [0.5, 0.6) is 0 Å². The first-order valence-corrected chi connectivity index (χ1v) is 9.02. The molecular weight excluding hydrogens is 342 g/mol. The van der Waals surface area contributed by atoms with Crippen LogP contribution < -0.4 is 10.6 Å². The summed E-state index contributed by atoms with van der Waals surface area (Å²) >= 11 is 1.43. The molecule has 0 unspecified atom stereocenters. The molecular formula is C17H20N3O4S-. The molecule has 2 aliphatic rings. The predicted molar refractivity (Wildman–Crippen MR) is 89.0 cm³/mol. The van der Waals surface area contributed by atoms with Crippen molar-refractivity contribution in [2.45, 2.75) is 30.9 Å². The number of aliphatic carboxylic acids is 1. The fourth-order valence-electron chi connectivity index (χ4n) is 3.62. The first kappa shape index (κ1) is 17.8. The molecule has 4 atom stereocenters. The van der Waals surface area contributed by atoms with Crippen LogP contribution in [0.15, 0.2) is 34.5 Å². The van der Waals surface area contributed by atoms with Gasteiger partial charge in [-0.15, -0.1) is 11.8 Å². The molecule has 2 aliphatic heterocycles. The number of aliphatic hydroxyl groups is 1. The zero-order valence-corrected chi connectivity index (χ0v) is 15.0. The molecule has 1 fully saturated rings. The van der Waals surface area contributed by atoms with Crippen LogP contribution in [0, 0.1) is 17.2 Å². The van der Waals surface area contributed by atoms with E-state index in [9.17, 15) is 19.8 Å². The Hall–Kier alpha value is -2.06. The zero-order chi connectivity index (χ0) is 18.5. The first-order valence-electron chi connectivity index (χ1n) is 8.03. The van der Waals surface area contributed by atoms with E-state index in [1.165, 1.54) is 16.7 Å². The third-order valence-electron chi connectivity index (χ3n) is 5.02. The van der Waals surface area contributed by atoms with Crippen LogP contribution in [0.1, 0.15) is 13.8 Å². The third-order valence-corrected chi connectivity index (χ3v) is 6.07. The molecule has 7 nitrogen and oxygen atoms in total. The molecule has 0 spiro atoms. The summed E-state index contributed by atoms with van der Waals surface area (Å²) in [4.78, 5) is 26.0. The van der Waals surface area contributed by atoms with E-state index >= 15 is 0 Å². The topological polar surface area (TPSA) is 109 Å². The van der Waals surface area contributed by atoms with Gasteiger partial charge in [-0.25, -0.2) is 0 Å². The Bertz CT molecular complexity index is 829. The number of carbonyl (C=O) groups excluding carboxylic acids is 2. The van der Waals surface area contributed by atoms with Gasteiger partial charge in [-0.05, 0) is 24.6 Å². The van der Waals surface area contributed by atoms with E-state index < -0.39 is 18.0 Å². The lowest BCUT2D eigenvalue weighted by atomic mass is 9.78. The maximum atomic E-state index is 12.3. The number of nitrogens with zero attached hydrogens (tertiary/aromatic N) is 2. The van der Waals surface area contributed by atoms with E-state index in [0.29, 0.717) is 16.8 Å². The number of hydrogen-bond donors (Lipinski definition) is 2. The summed E-state index contributed by atoms with van der Waals surface area (Å²) in [6, 6.07) is 3.25. The first-order chi connectivity index (χ1) is 11.7. The van der Waals surface area contributed by atoms with Crippen molar-refractivity contribution in [3.8, 4) is 0 Å². The molecule has 0 aromatic carbocycles. The normalized spacial score (nSPS) is 26.5. The SMILES string of the molecule is C[C@@H](O)[C@H]1C(=O)N2C(C(=O)[O-])=C(CSc3ccn(C)c(=N)c3)[C@H](C)[C@H]12. The van der Waals surface area contributed by atoms with Gasteiger partial charge in [0.1, 0.15) is 5.49 Å². The van der Waals surface area contributed by atoms with Crippen molar-refractivity contribution < 1.29 is 19.8 Å². The molecule has 0 aliphatic carbocycles. The lowest BCUT2D eigenvalue weighted by Gasteiger charge is -2.47. The molecule has 3 heterocycles. The molecule has 1 aromatic heterocycles. The minimum absolute atomic E-state index is 0.0560. The molecule has 0 radical (unpaired) electrons. The van der Waals surface area contributed by atoms with Gasteiger partial charge in [-0.2, -0.15) is 0 Å². The fourth-order valence-corrected chi connectivity index (χ4v) is 4.70. The number of hydrogen-bond acceptors (Lipinski definition) is 6. The van der Waals surface area contributed by atoms with E-state index in [0.717, 1.165) is 4.90 Å². The lowest BCUT2D eigenvalue weighted by Crippen LogP contribution is -2.64. The summed E-state index contributed by atoms with van der Waals surface area (Å²) in [6.07, 6.45) is 0.961. The average molecular weight is 362 g/mol. The van der Waals surface area contributed by atoms with Gasteiger partial charge in [0.05, 0.1) is 29.7 Å². The number of rotatable bonds is 5. The minimum atomic E-state index is -1.36. The van der Waals surface area contributed by atoms with Gasteiger partial charge in [-0.1, -0.05) is 6.92 Å². The standard InChI is InChI=1S/C17H21N3O4S/c1-8-11(7-25-10-4-5-19(3)12(18)6-10)15(17(23)24)20-14(8)13(9(2)21)16(20)22/h4-6,8-9,13-14,18,21H,7H2,1-3H3,(H,23,24)/p-1/t8-,9+,13+,14+/m0/s1. The second kappa shape index (κ2) is 6.34. The Morgan fingerprint density at radius 2 is 2.20 bits per heavy atom. The number of carbonyl (C=O) groups is 2. The summed E-state index contributed by atoms with van der Waals surface area (Å²) in [6.45, 7) is 3.43. The highest BCUT2D eigenvalue weighted by atomic mass is 32.2. The van der Waals surface area contributed by atoms with E-state index in [1.54, 1.807) is 30.8 Å². The minimum Gasteiger partial charge on any atom is -0.543 e. The van der Waals surface area contributed by atoms with E-state index in [2.05, 4.69) is 0 Å². The van der Waals surface area contributed by atoms with Crippen molar-refractivity contribution in [2.75, 3.05) is 5.75 Å². The van der Waals surface area contributed by atoms with Crippen molar-refractivity contribution >= 4 is 23.6 Å². The molecule has 2 N–H and O–H groups in total. The Balaban J connectivity index is 1.86. The number of aliphatic hydroxyl groups excluding tert-OH is 1. The number of aromatic nitrogens is 1. The Labute approximate surface area is 149 Å². The smallest absolute Gasteiger partial charge is 0.235 e. The lowest BCUT2D eigenvalue weighted by molar-refractivity contribution is -0.301. The number of thioether (sulfide) groups is 1. The second-order valence-corrected chi connectivity index (χ2v) is 7.61. The number of nitrogens with one attached hydrogen (secondary N) is 1. The van der Waals surface area contributed by atoms with E-state index in [1.807, 2.05) is 13.0 Å². The van der Waals surface area contributed by atoms with E-state index in [4.69, 9.17) is 5.41 Å². The van der Waals surface area contributed by atoms with Crippen LogP contribution in [0.2, 0.25) is 0 Å². The third kappa shape index (κ3) is 2.79. The van der Waals surface area contributed by atoms with Gasteiger partial charge in [0.25, 0.3) is 0 Å². The summed E-state index contributed by atoms with van der Waals surface area (Å²) in [5, 5.41) is 29.3. The summed E-state index contributed by atoms with van der Waals surface area (Å²) in [7, 11) is 1.78. The summed E-state index contributed by atoms with van der Waals surface area (Å²) < 4.78 is 1.67. The van der Waals surface area contributed by atoms with Gasteiger partial charge in [-0.3, -0.25) is 10.2 Å². The molecule has 1 amide bonds. The van der Waals surface area contributed by atoms with Crippen LogP contribution in [-0.2, 0) is 16.6 Å². The Morgan fingerprint density at radius 1 is 1.52 bits per heavy atom. The molecule has 3 rings (SSSR count). The van der Waals surface area contributed by atoms with Crippen LogP contribution >= 0.6 is 11.8 Å². The highest BCUT2D eigenvalue weighted by Crippen LogP contribution is 2.47. The van der Waals surface area contributed by atoms with Gasteiger partial charge in [0.2, 0.25) is 5.91 Å². The van der Waals surface area contributed by atoms with Gasteiger partial charge < -0.3 is 24.5 Å². The molecule has 8 heteroatoms. The number of carboxylic acid groups (broad SMARTS) is 1. The molecule has 134 valence electrons. The van der Waals surface area contributed by atoms with Crippen LogP contribution in [-0.4, -0.2) is 44.3 Å². The highest BCUT2D eigenvalue weighted by Gasteiger charge is 2.58. The number of β-lactam (4-membered cyclic amide) rings is 1. The fraction of sp³-hybridized carbons (Fsp3) is 0.471. The van der Waals surface area contributed by atoms with Crippen molar-refractivity contribution in [3.05, 3.63) is 35.1 Å². The summed E-state index contributed by atoms with van der Waals surface area (Å²) in [5.41, 5.74) is 0.942. The van der Waals surface area contributed by atoms with Crippen molar-refractivity contribution in [1.82, 2.24) is 9.47 Å². The number of carboxylic acids is 1. The van der Waals surface area contributed by atoms with Gasteiger partial charge in [0.15, 0.2) is 0 Å². The van der Waals surface area contributed by atoms with Crippen molar-refractivity contribution in [2.24, 2.45) is 18.9 Å². The quantitative estimate of drug-likeness (QED) is 0.540. The predicted octanol–water partition coefficient (Wildman–Crippen LogP) is -0.542. The maximum Gasteiger partial charge on any atom is 0.235 e. The Morgan fingerprint density at radius 3 is 2.76 bits per heavy atom. The number of fused-ring (bicyclic) bond motifs is 1. The van der Waals surface area contributed by atoms with Crippen LogP contribution in [0.4, 0.5) is 0 Å². The molecule has 0 saturated carbocycles. The van der Waals surface area contributed by atoms with Crippen molar-refractivity contribution in [3.63, 3.8) is 0 Å². The van der Waals surface area contributed by atoms with Crippen LogP contribution in [0.3, 0.4) is 0 Å². The van der Waals surface area contributed by atoms with Crippen LogP contribution in [0.25, 0.3) is 0 Å². The highest BCUT2D eigenvalue weighted by molar-refractivity contribution is 7.99. The second-order valence-electron chi connectivity index (χ2n) is 6.56. The number of pyridine rings is 1. The average Bonchev–Trinajstić information content (AvgIpc) is 2.77. The Kier molecular flexibility index (Phi) is 4.51. The maximum absolute atomic E-state index is 12.3. The van der Waals surface area contributed by atoms with E-state index in [-0.39, 0.29) is 23.6 Å². The van der Waals surface area contributed by atoms with Crippen molar-refractivity contribution in [1.29, 1.82) is 5.41 Å². The summed E-state index contributed by atoms with van der Waals surface area (Å²) in [5.74, 6) is -2.05. The molecule has 1 aromatic rings. The monoisotopic (exact) mass is 362 g/mol. The molecule has 0 bridgehead atoms. The zero-order valence-electron chi connectivity index (χ0n) is 14.2. The number of amides is 1. The molecule has 1 saturated heterocycles. The number of aryl methyl sites for hydroxylation is 1. The van der Waals surface area contributed by atoms with Gasteiger partial charge in [0, 0.05) is 29.8 Å². The van der Waals surface area contributed by atoms with Gasteiger partial charge >= 0.3 is 0 Å². The molecule has 25 heavy (non-hydrogen) atoms. The largest absolute Gasteiger partial charge is 0.543 e.